The molecular formula is C19H33N3O2. The fourth-order valence-corrected chi connectivity index (χ4v) is 4.49. The number of piperidine rings is 1. The van der Waals surface area contributed by atoms with Crippen LogP contribution in [0.15, 0.2) is 0 Å². The first-order valence-electron chi connectivity index (χ1n) is 10.0. The van der Waals surface area contributed by atoms with E-state index in [0.29, 0.717) is 24.8 Å². The highest BCUT2D eigenvalue weighted by Gasteiger charge is 2.32. The van der Waals surface area contributed by atoms with Gasteiger partial charge in [-0.25, -0.2) is 0 Å². The molecule has 0 radical (unpaired) electrons. The van der Waals surface area contributed by atoms with Crippen LogP contribution in [0.1, 0.15) is 64.2 Å². The fraction of sp³-hybridized carbons (Fsp3) is 0.895. The number of carbonyl (C=O) groups excluding carboxylic acids is 2. The first-order valence-corrected chi connectivity index (χ1v) is 10.0. The number of hydrogen-bond donors (Lipinski definition) is 2. The van der Waals surface area contributed by atoms with Gasteiger partial charge in [-0.1, -0.05) is 19.3 Å². The molecule has 1 saturated carbocycles. The average Bonchev–Trinajstić information content (AvgIpc) is 3.09. The number of nitrogens with one attached hydrogen (secondary N) is 2. The van der Waals surface area contributed by atoms with Gasteiger partial charge in [-0.05, 0) is 57.5 Å². The smallest absolute Gasteiger partial charge is 0.225 e. The van der Waals surface area contributed by atoms with Crippen LogP contribution in [-0.2, 0) is 9.59 Å². The first kappa shape index (κ1) is 17.7. The Labute approximate surface area is 145 Å². The van der Waals surface area contributed by atoms with Gasteiger partial charge in [0.05, 0.1) is 0 Å². The van der Waals surface area contributed by atoms with Crippen molar-refractivity contribution in [3.63, 3.8) is 0 Å². The molecule has 0 bridgehead atoms. The minimum atomic E-state index is 0.165. The highest BCUT2D eigenvalue weighted by atomic mass is 16.2. The SMILES string of the molecule is O=C(CCC1CCNCC1)NC1CCN(C(=O)C2CCCCC2)C1. The largest absolute Gasteiger partial charge is 0.352 e. The summed E-state index contributed by atoms with van der Waals surface area (Å²) in [6.45, 7) is 3.71. The van der Waals surface area contributed by atoms with E-state index in [9.17, 15) is 9.59 Å². The van der Waals surface area contributed by atoms with E-state index >= 15 is 0 Å². The third kappa shape index (κ3) is 4.95. The molecule has 1 aliphatic carbocycles. The summed E-state index contributed by atoms with van der Waals surface area (Å²) >= 11 is 0. The van der Waals surface area contributed by atoms with Crippen LogP contribution in [0.5, 0.6) is 0 Å². The molecule has 2 N–H and O–H groups in total. The van der Waals surface area contributed by atoms with Crippen molar-refractivity contribution < 1.29 is 9.59 Å². The van der Waals surface area contributed by atoms with Crippen LogP contribution in [0.25, 0.3) is 0 Å². The van der Waals surface area contributed by atoms with Gasteiger partial charge in [0.2, 0.25) is 11.8 Å². The fourth-order valence-electron chi connectivity index (χ4n) is 4.49. The summed E-state index contributed by atoms with van der Waals surface area (Å²) in [6.07, 6.45) is 10.7. The Hall–Kier alpha value is -1.10. The second-order valence-corrected chi connectivity index (χ2v) is 7.90. The number of carbonyl (C=O) groups is 2. The summed E-state index contributed by atoms with van der Waals surface area (Å²) in [4.78, 5) is 26.8. The van der Waals surface area contributed by atoms with Gasteiger partial charge in [0, 0.05) is 31.5 Å². The predicted octanol–water partition coefficient (Wildman–Crippen LogP) is 2.06. The van der Waals surface area contributed by atoms with E-state index < -0.39 is 0 Å². The Bertz CT molecular complexity index is 428. The van der Waals surface area contributed by atoms with E-state index in [1.54, 1.807) is 0 Å². The lowest BCUT2D eigenvalue weighted by molar-refractivity contribution is -0.135. The number of rotatable bonds is 5. The Morgan fingerprint density at radius 1 is 1.00 bits per heavy atom. The van der Waals surface area contributed by atoms with Crippen LogP contribution in [0.4, 0.5) is 0 Å². The molecule has 24 heavy (non-hydrogen) atoms. The van der Waals surface area contributed by atoms with E-state index in [-0.39, 0.29) is 17.9 Å². The molecule has 0 aromatic heterocycles. The zero-order valence-corrected chi connectivity index (χ0v) is 14.9. The van der Waals surface area contributed by atoms with E-state index in [0.717, 1.165) is 45.3 Å². The van der Waals surface area contributed by atoms with Crippen LogP contribution in [0.3, 0.4) is 0 Å². The number of hydrogen-bond acceptors (Lipinski definition) is 3. The molecule has 0 aromatic carbocycles. The summed E-state index contributed by atoms with van der Waals surface area (Å²) < 4.78 is 0. The van der Waals surface area contributed by atoms with Gasteiger partial charge < -0.3 is 15.5 Å². The molecule has 1 unspecified atom stereocenters. The standard InChI is InChI=1S/C19H33N3O2/c23-18(7-6-15-8-11-20-12-9-15)21-17-10-13-22(14-17)19(24)16-4-2-1-3-5-16/h15-17,20H,1-14H2,(H,21,23). The number of amides is 2. The van der Waals surface area contributed by atoms with E-state index in [2.05, 4.69) is 10.6 Å². The first-order chi connectivity index (χ1) is 11.7. The predicted molar refractivity (Wildman–Crippen MR) is 94.5 cm³/mol. The second kappa shape index (κ2) is 8.84. The molecule has 5 heteroatoms. The Kier molecular flexibility index (Phi) is 6.52. The molecule has 3 aliphatic rings. The molecule has 3 rings (SSSR count). The molecule has 5 nitrogen and oxygen atoms in total. The average molecular weight is 335 g/mol. The maximum absolute atomic E-state index is 12.6. The molecule has 3 fully saturated rings. The van der Waals surface area contributed by atoms with Gasteiger partial charge in [-0.3, -0.25) is 9.59 Å². The van der Waals surface area contributed by atoms with Gasteiger partial charge in [-0.2, -0.15) is 0 Å². The van der Waals surface area contributed by atoms with Crippen molar-refractivity contribution in [1.82, 2.24) is 15.5 Å². The normalized spacial score (nSPS) is 26.5. The zero-order chi connectivity index (χ0) is 16.8. The van der Waals surface area contributed by atoms with Gasteiger partial charge in [0.15, 0.2) is 0 Å². The lowest BCUT2D eigenvalue weighted by atomic mass is 9.88. The van der Waals surface area contributed by atoms with Crippen molar-refractivity contribution in [1.29, 1.82) is 0 Å². The Balaban J connectivity index is 1.35. The van der Waals surface area contributed by atoms with Crippen LogP contribution in [-0.4, -0.2) is 48.9 Å². The Morgan fingerprint density at radius 2 is 1.75 bits per heavy atom. The van der Waals surface area contributed by atoms with Crippen molar-refractivity contribution in [2.75, 3.05) is 26.2 Å². The summed E-state index contributed by atoms with van der Waals surface area (Å²) in [5.74, 6) is 1.45. The quantitative estimate of drug-likeness (QED) is 0.808. The van der Waals surface area contributed by atoms with Crippen molar-refractivity contribution in [3.05, 3.63) is 0 Å². The minimum absolute atomic E-state index is 0.165. The summed E-state index contributed by atoms with van der Waals surface area (Å²) in [6, 6.07) is 0.165. The molecule has 0 aromatic rings. The number of nitrogens with zero attached hydrogens (tertiary/aromatic N) is 1. The lowest BCUT2D eigenvalue weighted by Crippen LogP contribution is -2.40. The molecule has 0 spiro atoms. The molecule has 136 valence electrons. The molecule has 1 atom stereocenters. The molecule has 2 saturated heterocycles. The monoisotopic (exact) mass is 335 g/mol. The van der Waals surface area contributed by atoms with Gasteiger partial charge in [0.1, 0.15) is 0 Å². The van der Waals surface area contributed by atoms with Gasteiger partial charge in [0.25, 0.3) is 0 Å². The third-order valence-electron chi connectivity index (χ3n) is 6.06. The molecular weight excluding hydrogens is 302 g/mol. The molecule has 2 amide bonds. The van der Waals surface area contributed by atoms with Crippen molar-refractivity contribution in [3.8, 4) is 0 Å². The van der Waals surface area contributed by atoms with Crippen LogP contribution < -0.4 is 10.6 Å². The highest BCUT2D eigenvalue weighted by molar-refractivity contribution is 5.80. The van der Waals surface area contributed by atoms with E-state index in [1.807, 2.05) is 4.90 Å². The molecule has 2 heterocycles. The van der Waals surface area contributed by atoms with Crippen LogP contribution >= 0.6 is 0 Å². The third-order valence-corrected chi connectivity index (χ3v) is 6.06. The van der Waals surface area contributed by atoms with Crippen molar-refractivity contribution in [2.45, 2.75) is 70.3 Å². The van der Waals surface area contributed by atoms with Gasteiger partial charge in [-0.15, -0.1) is 0 Å². The minimum Gasteiger partial charge on any atom is -0.352 e. The van der Waals surface area contributed by atoms with Crippen LogP contribution in [0, 0.1) is 11.8 Å². The second-order valence-electron chi connectivity index (χ2n) is 7.90. The summed E-state index contributed by atoms with van der Waals surface area (Å²) in [5, 5.41) is 6.52. The van der Waals surface area contributed by atoms with Gasteiger partial charge >= 0.3 is 0 Å². The topological polar surface area (TPSA) is 61.4 Å². The molecule has 2 aliphatic heterocycles. The summed E-state index contributed by atoms with van der Waals surface area (Å²) in [5.41, 5.74) is 0. The maximum atomic E-state index is 12.6. The van der Waals surface area contributed by atoms with Crippen molar-refractivity contribution >= 4 is 11.8 Å². The summed E-state index contributed by atoms with van der Waals surface area (Å²) in [7, 11) is 0. The zero-order valence-electron chi connectivity index (χ0n) is 14.9. The van der Waals surface area contributed by atoms with E-state index in [1.165, 1.54) is 32.1 Å². The van der Waals surface area contributed by atoms with Crippen LogP contribution in [0.2, 0.25) is 0 Å². The number of likely N-dealkylation sites (tertiary alicyclic amines) is 1. The van der Waals surface area contributed by atoms with E-state index in [4.69, 9.17) is 0 Å². The Morgan fingerprint density at radius 3 is 2.50 bits per heavy atom. The maximum Gasteiger partial charge on any atom is 0.225 e. The highest BCUT2D eigenvalue weighted by Crippen LogP contribution is 2.27. The van der Waals surface area contributed by atoms with Crippen molar-refractivity contribution in [2.24, 2.45) is 11.8 Å². The lowest BCUT2D eigenvalue weighted by Gasteiger charge is -2.26.